The van der Waals surface area contributed by atoms with Crippen molar-refractivity contribution in [3.05, 3.63) is 70.8 Å². The number of hydrogen-bond donors (Lipinski definition) is 4. The number of alkyl carbamates (subject to hydrolysis) is 2. The molecule has 0 saturated carbocycles. The second-order valence-corrected chi connectivity index (χ2v) is 6.29. The molecule has 0 atom stereocenters. The first kappa shape index (κ1) is 22.7. The van der Waals surface area contributed by atoms with Crippen molar-refractivity contribution in [2.24, 2.45) is 11.5 Å². The van der Waals surface area contributed by atoms with Gasteiger partial charge in [0.05, 0.1) is 0 Å². The number of benzene rings is 2. The van der Waals surface area contributed by atoms with Gasteiger partial charge in [-0.15, -0.1) is 0 Å². The van der Waals surface area contributed by atoms with E-state index < -0.39 is 18.5 Å². The normalized spacial score (nSPS) is 10.0. The Labute approximate surface area is 175 Å². The van der Waals surface area contributed by atoms with Crippen LogP contribution in [0.15, 0.2) is 48.5 Å². The summed E-state index contributed by atoms with van der Waals surface area (Å²) in [4.78, 5) is 24.1. The molecule has 0 aromatic heterocycles. The molecule has 2 aromatic rings. The predicted octanol–water partition coefficient (Wildman–Crippen LogP) is 2.11. The third-order valence-electron chi connectivity index (χ3n) is 4.02. The number of hydrogen-bond acceptors (Lipinski definition) is 6. The lowest BCUT2D eigenvalue weighted by Crippen LogP contribution is -2.34. The van der Waals surface area contributed by atoms with E-state index in [9.17, 15) is 9.59 Å². The van der Waals surface area contributed by atoms with Gasteiger partial charge in [0.2, 0.25) is 0 Å². The summed E-state index contributed by atoms with van der Waals surface area (Å²) >= 11 is 0. The Bertz CT molecular complexity index is 855. The van der Waals surface area contributed by atoms with E-state index in [1.807, 2.05) is 48.5 Å². The summed E-state index contributed by atoms with van der Waals surface area (Å²) in [6.07, 6.45) is -2.85. The van der Waals surface area contributed by atoms with Crippen LogP contribution in [0.3, 0.4) is 0 Å². The van der Waals surface area contributed by atoms with Gasteiger partial charge in [0.15, 0.2) is 0 Å². The SMILES string of the molecule is CC#CC(OC(=O)NCc1cccc(CN)c1)OC(=O)NCc1cccc(CN)c1. The maximum absolute atomic E-state index is 12.0. The highest BCUT2D eigenvalue weighted by molar-refractivity contribution is 5.70. The van der Waals surface area contributed by atoms with Gasteiger partial charge in [-0.2, -0.15) is 0 Å². The fourth-order valence-corrected chi connectivity index (χ4v) is 2.56. The number of rotatable bonds is 8. The Balaban J connectivity index is 1.82. The zero-order valence-electron chi connectivity index (χ0n) is 16.8. The van der Waals surface area contributed by atoms with Crippen LogP contribution in [0.5, 0.6) is 0 Å². The van der Waals surface area contributed by atoms with Crippen molar-refractivity contribution in [2.75, 3.05) is 0 Å². The summed E-state index contributed by atoms with van der Waals surface area (Å²) in [6, 6.07) is 15.0. The molecule has 0 aliphatic carbocycles. The first-order chi connectivity index (χ1) is 14.5. The van der Waals surface area contributed by atoms with Gasteiger partial charge in [-0.05, 0) is 35.1 Å². The van der Waals surface area contributed by atoms with Crippen LogP contribution in [0, 0.1) is 11.8 Å². The smallest absolute Gasteiger partial charge is 0.397 e. The average Bonchev–Trinajstić information content (AvgIpc) is 2.76. The quantitative estimate of drug-likeness (QED) is 0.390. The molecule has 0 aliphatic rings. The van der Waals surface area contributed by atoms with Gasteiger partial charge in [-0.3, -0.25) is 0 Å². The molecule has 2 rings (SSSR count). The highest BCUT2D eigenvalue weighted by atomic mass is 16.7. The zero-order valence-corrected chi connectivity index (χ0v) is 16.8. The van der Waals surface area contributed by atoms with E-state index in [-0.39, 0.29) is 13.1 Å². The summed E-state index contributed by atoms with van der Waals surface area (Å²) < 4.78 is 10.2. The van der Waals surface area contributed by atoms with Crippen molar-refractivity contribution < 1.29 is 19.1 Å². The van der Waals surface area contributed by atoms with Crippen LogP contribution in [-0.2, 0) is 35.7 Å². The summed E-state index contributed by atoms with van der Waals surface area (Å²) in [5.74, 6) is 5.10. The Morgan fingerprint density at radius 1 is 0.867 bits per heavy atom. The first-order valence-electron chi connectivity index (χ1n) is 9.41. The van der Waals surface area contributed by atoms with Crippen LogP contribution < -0.4 is 22.1 Å². The van der Waals surface area contributed by atoms with Crippen molar-refractivity contribution in [3.63, 3.8) is 0 Å². The lowest BCUT2D eigenvalue weighted by atomic mass is 10.1. The van der Waals surface area contributed by atoms with Crippen molar-refractivity contribution in [2.45, 2.75) is 39.4 Å². The highest BCUT2D eigenvalue weighted by Gasteiger charge is 2.16. The molecule has 8 nitrogen and oxygen atoms in total. The Morgan fingerprint density at radius 3 is 1.70 bits per heavy atom. The van der Waals surface area contributed by atoms with Crippen LogP contribution >= 0.6 is 0 Å². The molecule has 0 saturated heterocycles. The van der Waals surface area contributed by atoms with Crippen molar-refractivity contribution in [3.8, 4) is 11.8 Å². The van der Waals surface area contributed by atoms with E-state index in [4.69, 9.17) is 20.9 Å². The number of ether oxygens (including phenoxy) is 2. The molecule has 0 spiro atoms. The van der Waals surface area contributed by atoms with Gasteiger partial charge in [0, 0.05) is 26.2 Å². The molecule has 30 heavy (non-hydrogen) atoms. The molecule has 0 fully saturated rings. The molecule has 0 aliphatic heterocycles. The number of carbonyl (C=O) groups excluding carboxylic acids is 2. The second kappa shape index (κ2) is 12.1. The predicted molar refractivity (Wildman–Crippen MR) is 113 cm³/mol. The van der Waals surface area contributed by atoms with Gasteiger partial charge in [0.1, 0.15) is 0 Å². The van der Waals surface area contributed by atoms with Crippen LogP contribution in [-0.4, -0.2) is 18.5 Å². The van der Waals surface area contributed by atoms with Gasteiger partial charge in [-0.1, -0.05) is 54.5 Å². The fraction of sp³-hybridized carbons (Fsp3) is 0.273. The molecular weight excluding hydrogens is 384 g/mol. The van der Waals surface area contributed by atoms with Crippen molar-refractivity contribution in [1.82, 2.24) is 10.6 Å². The van der Waals surface area contributed by atoms with E-state index in [1.54, 1.807) is 6.92 Å². The third kappa shape index (κ3) is 7.83. The summed E-state index contributed by atoms with van der Waals surface area (Å²) in [7, 11) is 0. The third-order valence-corrected chi connectivity index (χ3v) is 4.02. The maximum Gasteiger partial charge on any atom is 0.411 e. The Hall–Kier alpha value is -3.54. The molecule has 158 valence electrons. The number of nitrogens with two attached hydrogens (primary N) is 2. The molecule has 0 heterocycles. The molecule has 2 aromatic carbocycles. The summed E-state index contributed by atoms with van der Waals surface area (Å²) in [6.45, 7) is 2.84. The number of nitrogens with one attached hydrogen (secondary N) is 2. The molecule has 0 radical (unpaired) electrons. The van der Waals surface area contributed by atoms with E-state index >= 15 is 0 Å². The molecule has 0 bridgehead atoms. The standard InChI is InChI=1S/C22H26N4O4/c1-2-5-20(29-21(27)25-14-18-8-3-6-16(10-18)12-23)30-22(28)26-15-19-9-4-7-17(11-19)13-24/h3-4,6-11,20H,12-15,23-24H2,1H3,(H,25,27)(H,26,28). The van der Waals surface area contributed by atoms with E-state index in [0.717, 1.165) is 22.3 Å². The average molecular weight is 410 g/mol. The largest absolute Gasteiger partial charge is 0.411 e. The molecule has 0 unspecified atom stereocenters. The topological polar surface area (TPSA) is 129 Å². The Morgan fingerprint density at radius 2 is 1.30 bits per heavy atom. The minimum atomic E-state index is -1.33. The van der Waals surface area contributed by atoms with Gasteiger partial charge in [-0.25, -0.2) is 9.59 Å². The van der Waals surface area contributed by atoms with Crippen LogP contribution in [0.2, 0.25) is 0 Å². The number of amides is 2. The van der Waals surface area contributed by atoms with Gasteiger partial charge >= 0.3 is 18.5 Å². The highest BCUT2D eigenvalue weighted by Crippen LogP contribution is 2.06. The zero-order chi connectivity index (χ0) is 21.8. The molecule has 6 N–H and O–H groups in total. The minimum absolute atomic E-state index is 0.239. The molecular formula is C22H26N4O4. The fourth-order valence-electron chi connectivity index (χ4n) is 2.56. The molecule has 8 heteroatoms. The van der Waals surface area contributed by atoms with Crippen LogP contribution in [0.25, 0.3) is 0 Å². The van der Waals surface area contributed by atoms with Gasteiger partial charge < -0.3 is 31.6 Å². The van der Waals surface area contributed by atoms with Crippen LogP contribution in [0.4, 0.5) is 9.59 Å². The summed E-state index contributed by atoms with van der Waals surface area (Å²) in [5.41, 5.74) is 14.9. The minimum Gasteiger partial charge on any atom is -0.397 e. The Kier molecular flexibility index (Phi) is 9.18. The second-order valence-electron chi connectivity index (χ2n) is 6.29. The van der Waals surface area contributed by atoms with E-state index in [2.05, 4.69) is 22.5 Å². The molecule has 2 amide bonds. The van der Waals surface area contributed by atoms with E-state index in [0.29, 0.717) is 13.1 Å². The van der Waals surface area contributed by atoms with Gasteiger partial charge in [0.25, 0.3) is 0 Å². The van der Waals surface area contributed by atoms with Crippen molar-refractivity contribution >= 4 is 12.2 Å². The van der Waals surface area contributed by atoms with Crippen molar-refractivity contribution in [1.29, 1.82) is 0 Å². The van der Waals surface area contributed by atoms with Crippen LogP contribution in [0.1, 0.15) is 29.2 Å². The lowest BCUT2D eigenvalue weighted by molar-refractivity contribution is -0.0229. The first-order valence-corrected chi connectivity index (χ1v) is 9.41. The van der Waals surface area contributed by atoms with E-state index in [1.165, 1.54) is 0 Å². The summed E-state index contributed by atoms with van der Waals surface area (Å²) in [5, 5.41) is 5.18. The maximum atomic E-state index is 12.0. The number of carbonyl (C=O) groups is 2. The lowest BCUT2D eigenvalue weighted by Gasteiger charge is -2.15. The monoisotopic (exact) mass is 410 g/mol.